The molecular weight excluding hydrogens is 460 g/mol. The zero-order valence-corrected chi connectivity index (χ0v) is 19.0. The molecule has 0 atom stereocenters. The van der Waals surface area contributed by atoms with Crippen LogP contribution in [0.4, 0.5) is 11.4 Å². The van der Waals surface area contributed by atoms with E-state index in [9.17, 15) is 31.7 Å². The summed E-state index contributed by atoms with van der Waals surface area (Å²) in [6, 6.07) is 8.50. The fraction of sp³-hybridized carbons (Fsp3) is 0.316. The number of hydrogen-bond acceptors (Lipinski definition) is 8. The number of carbonyl (C=O) groups excluding carboxylic acids is 1. The molecule has 3 rings (SSSR count). The average Bonchev–Trinajstić information content (AvgIpc) is 2.73. The van der Waals surface area contributed by atoms with Crippen LogP contribution < -0.4 is 5.32 Å². The van der Waals surface area contributed by atoms with Crippen molar-refractivity contribution in [2.75, 3.05) is 44.8 Å². The molecule has 0 radical (unpaired) electrons. The Morgan fingerprint density at radius 3 is 2.25 bits per heavy atom. The van der Waals surface area contributed by atoms with Gasteiger partial charge < -0.3 is 10.2 Å². The zero-order valence-electron chi connectivity index (χ0n) is 17.4. The molecule has 172 valence electrons. The summed E-state index contributed by atoms with van der Waals surface area (Å²) in [5.74, 6) is -0.812. The Hall–Kier alpha value is -2.87. The normalized spacial score (nSPS) is 15.9. The van der Waals surface area contributed by atoms with Crippen molar-refractivity contribution in [3.8, 4) is 0 Å². The number of benzene rings is 2. The Bertz CT molecular complexity index is 1270. The van der Waals surface area contributed by atoms with Crippen LogP contribution in [0.5, 0.6) is 0 Å². The third-order valence-electron chi connectivity index (χ3n) is 4.98. The maximum Gasteiger partial charge on any atom is 0.271 e. The zero-order chi connectivity index (χ0) is 23.7. The number of hydrogen-bond donors (Lipinski definition) is 1. The van der Waals surface area contributed by atoms with Gasteiger partial charge in [0.25, 0.3) is 11.6 Å². The summed E-state index contributed by atoms with van der Waals surface area (Å²) >= 11 is 0. The molecule has 11 nitrogen and oxygen atoms in total. The molecule has 1 amide bonds. The molecule has 1 saturated heterocycles. The van der Waals surface area contributed by atoms with E-state index >= 15 is 0 Å². The van der Waals surface area contributed by atoms with Crippen LogP contribution >= 0.6 is 0 Å². The first kappa shape index (κ1) is 23.8. The first-order valence-electron chi connectivity index (χ1n) is 9.47. The predicted octanol–water partition coefficient (Wildman–Crippen LogP) is 1.19. The predicted molar refractivity (Wildman–Crippen MR) is 117 cm³/mol. The van der Waals surface area contributed by atoms with Crippen molar-refractivity contribution in [1.29, 1.82) is 0 Å². The van der Waals surface area contributed by atoms with Crippen molar-refractivity contribution in [3.05, 3.63) is 58.1 Å². The van der Waals surface area contributed by atoms with E-state index < -0.39 is 36.4 Å². The molecular formula is C19H22N4O7S2. The third-order valence-corrected chi connectivity index (χ3v) is 7.97. The second-order valence-corrected chi connectivity index (χ2v) is 11.4. The quantitative estimate of drug-likeness (QED) is 0.477. The fourth-order valence-electron chi connectivity index (χ4n) is 3.15. The number of likely N-dealkylation sites (N-methyl/N-ethyl adjacent to an activating group) is 1. The number of nitro groups is 1. The van der Waals surface area contributed by atoms with Gasteiger partial charge in [-0.3, -0.25) is 14.9 Å². The minimum absolute atomic E-state index is 0.00396. The van der Waals surface area contributed by atoms with E-state index in [0.717, 1.165) is 24.5 Å². The number of non-ortho nitro benzene ring substituents is 1. The van der Waals surface area contributed by atoms with Crippen LogP contribution in [0.25, 0.3) is 0 Å². The van der Waals surface area contributed by atoms with Gasteiger partial charge in [-0.1, -0.05) is 6.07 Å². The number of nitrogens with one attached hydrogen (secondary N) is 1. The number of rotatable bonds is 6. The van der Waals surface area contributed by atoms with E-state index in [2.05, 4.69) is 5.32 Å². The molecule has 0 aromatic heterocycles. The van der Waals surface area contributed by atoms with Crippen LogP contribution in [0.2, 0.25) is 0 Å². The number of piperazine rings is 1. The molecule has 1 aliphatic rings. The summed E-state index contributed by atoms with van der Waals surface area (Å²) in [5, 5.41) is 13.6. The van der Waals surface area contributed by atoms with E-state index in [1.807, 2.05) is 11.9 Å². The molecule has 0 bridgehead atoms. The van der Waals surface area contributed by atoms with Gasteiger partial charge in [-0.05, 0) is 31.3 Å². The monoisotopic (exact) mass is 482 g/mol. The molecule has 1 aliphatic heterocycles. The molecule has 13 heteroatoms. The number of sulfonamides is 1. The number of sulfone groups is 1. The summed E-state index contributed by atoms with van der Waals surface area (Å²) in [7, 11) is -5.66. The van der Waals surface area contributed by atoms with E-state index in [1.54, 1.807) is 0 Å². The van der Waals surface area contributed by atoms with E-state index in [0.29, 0.717) is 26.2 Å². The third kappa shape index (κ3) is 5.30. The molecule has 0 unspecified atom stereocenters. The molecule has 1 N–H and O–H groups in total. The molecule has 2 aromatic rings. The van der Waals surface area contributed by atoms with Crippen LogP contribution in [0.1, 0.15) is 10.4 Å². The highest BCUT2D eigenvalue weighted by molar-refractivity contribution is 7.90. The Kier molecular flexibility index (Phi) is 6.64. The number of nitrogens with zero attached hydrogens (tertiary/aromatic N) is 3. The van der Waals surface area contributed by atoms with Gasteiger partial charge >= 0.3 is 0 Å². The highest BCUT2D eigenvalue weighted by Gasteiger charge is 2.28. The van der Waals surface area contributed by atoms with Crippen molar-refractivity contribution in [3.63, 3.8) is 0 Å². The number of amides is 1. The number of carbonyl (C=O) groups is 1. The maximum atomic E-state index is 12.9. The van der Waals surface area contributed by atoms with Gasteiger partial charge in [-0.25, -0.2) is 16.8 Å². The van der Waals surface area contributed by atoms with E-state index in [4.69, 9.17) is 0 Å². The summed E-state index contributed by atoms with van der Waals surface area (Å²) < 4.78 is 50.9. The molecule has 1 fully saturated rings. The summed E-state index contributed by atoms with van der Waals surface area (Å²) in [4.78, 5) is 24.7. The Labute approximate surface area is 185 Å². The minimum Gasteiger partial charge on any atom is -0.322 e. The molecule has 0 spiro atoms. The Morgan fingerprint density at radius 1 is 1.00 bits per heavy atom. The highest BCUT2D eigenvalue weighted by atomic mass is 32.2. The number of anilines is 1. The van der Waals surface area contributed by atoms with Gasteiger partial charge in [-0.2, -0.15) is 4.31 Å². The lowest BCUT2D eigenvalue weighted by atomic mass is 10.2. The molecule has 1 heterocycles. The van der Waals surface area contributed by atoms with Crippen LogP contribution in [0.15, 0.2) is 52.3 Å². The standard InChI is InChI=1S/C19H22N4O7S2/c1-21-6-8-22(9-7-21)32(29,30)17-5-3-4-15(12-17)20-19(24)14-10-16(23(25)26)13-18(11-14)31(2,27)28/h3-5,10-13H,6-9H2,1-2H3,(H,20,24). The van der Waals surface area contributed by atoms with Crippen molar-refractivity contribution < 1.29 is 26.6 Å². The van der Waals surface area contributed by atoms with Gasteiger partial charge in [0.2, 0.25) is 10.0 Å². The molecule has 32 heavy (non-hydrogen) atoms. The maximum absolute atomic E-state index is 12.9. The first-order chi connectivity index (χ1) is 14.9. The van der Waals surface area contributed by atoms with Crippen molar-refractivity contribution in [2.24, 2.45) is 0 Å². The van der Waals surface area contributed by atoms with Crippen molar-refractivity contribution in [1.82, 2.24) is 9.21 Å². The van der Waals surface area contributed by atoms with Crippen molar-refractivity contribution in [2.45, 2.75) is 9.79 Å². The second-order valence-electron chi connectivity index (χ2n) is 7.43. The average molecular weight is 483 g/mol. The summed E-state index contributed by atoms with van der Waals surface area (Å²) in [6.45, 7) is 1.89. The smallest absolute Gasteiger partial charge is 0.271 e. The van der Waals surface area contributed by atoms with E-state index in [-0.39, 0.29) is 21.0 Å². The van der Waals surface area contributed by atoms with Gasteiger partial charge in [0.05, 0.1) is 14.7 Å². The lowest BCUT2D eigenvalue weighted by Gasteiger charge is -2.31. The molecule has 2 aromatic carbocycles. The summed E-state index contributed by atoms with van der Waals surface area (Å²) in [6.07, 6.45) is 0.875. The largest absolute Gasteiger partial charge is 0.322 e. The van der Waals surface area contributed by atoms with Crippen molar-refractivity contribution >= 4 is 37.1 Å². The first-order valence-corrected chi connectivity index (χ1v) is 12.8. The van der Waals surface area contributed by atoms with Crippen LogP contribution in [-0.2, 0) is 19.9 Å². The fourth-order valence-corrected chi connectivity index (χ4v) is 5.29. The van der Waals surface area contributed by atoms with Gasteiger partial charge in [0.15, 0.2) is 9.84 Å². The highest BCUT2D eigenvalue weighted by Crippen LogP contribution is 2.24. The minimum atomic E-state index is -3.80. The Morgan fingerprint density at radius 2 is 1.66 bits per heavy atom. The van der Waals surface area contributed by atoms with Gasteiger partial charge in [-0.15, -0.1) is 0 Å². The molecule has 0 saturated carbocycles. The SMILES string of the molecule is CN1CCN(S(=O)(=O)c2cccc(NC(=O)c3cc([N+](=O)[O-])cc(S(C)(=O)=O)c3)c2)CC1. The van der Waals surface area contributed by atoms with E-state index in [1.165, 1.54) is 28.6 Å². The van der Waals surface area contributed by atoms with Gasteiger partial charge in [0, 0.05) is 55.8 Å². The number of nitro benzene ring substituents is 1. The van der Waals surface area contributed by atoms with Gasteiger partial charge in [0.1, 0.15) is 0 Å². The summed E-state index contributed by atoms with van der Waals surface area (Å²) in [5.41, 5.74) is -0.644. The van der Waals surface area contributed by atoms with Crippen LogP contribution in [0.3, 0.4) is 0 Å². The topological polar surface area (TPSA) is 147 Å². The lowest BCUT2D eigenvalue weighted by molar-refractivity contribution is -0.385. The Balaban J connectivity index is 1.88. The lowest BCUT2D eigenvalue weighted by Crippen LogP contribution is -2.47. The second kappa shape index (κ2) is 8.94. The van der Waals surface area contributed by atoms with Crippen LogP contribution in [0, 0.1) is 10.1 Å². The molecule has 0 aliphatic carbocycles. The van der Waals surface area contributed by atoms with Crippen LogP contribution in [-0.4, -0.2) is 76.4 Å².